The monoisotopic (exact) mass is 254 g/mol. The van der Waals surface area contributed by atoms with Crippen LogP contribution in [0.4, 0.5) is 0 Å². The van der Waals surface area contributed by atoms with Gasteiger partial charge in [-0.15, -0.1) is 0 Å². The molecule has 0 aromatic carbocycles. The molecule has 0 aromatic heterocycles. The van der Waals surface area contributed by atoms with Crippen LogP contribution >= 0.6 is 0 Å². The van der Waals surface area contributed by atoms with Crippen LogP contribution < -0.4 is 5.73 Å². The lowest BCUT2D eigenvalue weighted by molar-refractivity contribution is -0.0786. The molecule has 0 bridgehead atoms. The van der Waals surface area contributed by atoms with Crippen LogP contribution in [0.3, 0.4) is 0 Å². The van der Waals surface area contributed by atoms with Crippen LogP contribution in [-0.4, -0.2) is 41.3 Å². The average molecular weight is 254 g/mol. The van der Waals surface area contributed by atoms with E-state index in [4.69, 9.17) is 10.5 Å². The summed E-state index contributed by atoms with van der Waals surface area (Å²) in [5.74, 6) is 1.23. The van der Waals surface area contributed by atoms with E-state index in [1.807, 2.05) is 0 Å². The molecule has 0 aromatic rings. The van der Waals surface area contributed by atoms with Crippen molar-refractivity contribution in [2.75, 3.05) is 13.1 Å². The Hall–Kier alpha value is -0.120. The topological polar surface area (TPSA) is 38.5 Å². The van der Waals surface area contributed by atoms with Crippen molar-refractivity contribution in [1.82, 2.24) is 4.90 Å². The predicted molar refractivity (Wildman–Crippen MR) is 75.5 cm³/mol. The van der Waals surface area contributed by atoms with Gasteiger partial charge in [-0.1, -0.05) is 6.92 Å². The van der Waals surface area contributed by atoms with Crippen molar-refractivity contribution in [3.8, 4) is 0 Å². The summed E-state index contributed by atoms with van der Waals surface area (Å²) in [6, 6.07) is 0.808. The van der Waals surface area contributed by atoms with Crippen LogP contribution in [0, 0.1) is 11.8 Å². The zero-order valence-electron chi connectivity index (χ0n) is 12.9. The molecule has 0 radical (unpaired) electrons. The maximum Gasteiger partial charge on any atom is 0.0788 e. The Morgan fingerprint density at radius 2 is 1.78 bits per heavy atom. The lowest BCUT2D eigenvalue weighted by Gasteiger charge is -2.33. The highest BCUT2D eigenvalue weighted by atomic mass is 16.5. The van der Waals surface area contributed by atoms with Crippen molar-refractivity contribution < 1.29 is 4.74 Å². The molecule has 2 saturated heterocycles. The summed E-state index contributed by atoms with van der Waals surface area (Å²) in [7, 11) is 0. The Labute approximate surface area is 112 Å². The molecule has 4 unspecified atom stereocenters. The smallest absolute Gasteiger partial charge is 0.0788 e. The van der Waals surface area contributed by atoms with Crippen molar-refractivity contribution in [3.63, 3.8) is 0 Å². The summed E-state index contributed by atoms with van der Waals surface area (Å²) in [5.41, 5.74) is 6.12. The number of hydrogen-bond donors (Lipinski definition) is 1. The summed E-state index contributed by atoms with van der Waals surface area (Å²) in [6.07, 6.45) is 1.31. The first-order valence-electron chi connectivity index (χ1n) is 7.33. The molecule has 0 aliphatic carbocycles. The number of likely N-dealkylation sites (tertiary alicyclic amines) is 1. The van der Waals surface area contributed by atoms with Crippen LogP contribution in [0.1, 0.15) is 48.0 Å². The van der Waals surface area contributed by atoms with Gasteiger partial charge in [-0.25, -0.2) is 0 Å². The van der Waals surface area contributed by atoms with Gasteiger partial charge >= 0.3 is 0 Å². The van der Waals surface area contributed by atoms with Gasteiger partial charge in [0, 0.05) is 31.1 Å². The molecule has 2 fully saturated rings. The Morgan fingerprint density at radius 3 is 2.17 bits per heavy atom. The summed E-state index contributed by atoms with van der Waals surface area (Å²) < 4.78 is 6.18. The molecule has 2 rings (SSSR count). The Morgan fingerprint density at radius 1 is 1.17 bits per heavy atom. The quantitative estimate of drug-likeness (QED) is 0.821. The van der Waals surface area contributed by atoms with E-state index in [1.54, 1.807) is 0 Å². The maximum absolute atomic E-state index is 6.44. The molecule has 2 N–H and O–H groups in total. The Balaban J connectivity index is 2.09. The van der Waals surface area contributed by atoms with Gasteiger partial charge in [-0.3, -0.25) is 4.90 Å². The Kier molecular flexibility index (Phi) is 3.54. The second kappa shape index (κ2) is 4.46. The molecule has 4 atom stereocenters. The van der Waals surface area contributed by atoms with Crippen LogP contribution in [0.15, 0.2) is 0 Å². The molecule has 3 nitrogen and oxygen atoms in total. The van der Waals surface area contributed by atoms with Gasteiger partial charge in [0.05, 0.1) is 11.2 Å². The third kappa shape index (κ3) is 2.45. The molecule has 2 aliphatic rings. The highest BCUT2D eigenvalue weighted by molar-refractivity contribution is 5.05. The van der Waals surface area contributed by atoms with E-state index in [0.717, 1.165) is 12.5 Å². The molecule has 0 spiro atoms. The molecule has 0 saturated carbocycles. The zero-order chi connectivity index (χ0) is 13.7. The van der Waals surface area contributed by atoms with Gasteiger partial charge in [0.2, 0.25) is 0 Å². The number of rotatable bonds is 2. The molecule has 2 heterocycles. The molecule has 0 amide bonds. The largest absolute Gasteiger partial charge is 0.368 e. The highest BCUT2D eigenvalue weighted by Gasteiger charge is 2.52. The average Bonchev–Trinajstić information content (AvgIpc) is 2.57. The Bertz CT molecular complexity index is 314. The van der Waals surface area contributed by atoms with Gasteiger partial charge in [0.25, 0.3) is 0 Å². The minimum atomic E-state index is -0.206. The van der Waals surface area contributed by atoms with Gasteiger partial charge in [-0.2, -0.15) is 0 Å². The van der Waals surface area contributed by atoms with Gasteiger partial charge in [0.15, 0.2) is 0 Å². The molecule has 3 heteroatoms. The van der Waals surface area contributed by atoms with E-state index in [1.165, 1.54) is 13.0 Å². The number of nitrogens with two attached hydrogens (primary N) is 1. The number of hydrogen-bond acceptors (Lipinski definition) is 3. The van der Waals surface area contributed by atoms with Crippen molar-refractivity contribution in [2.45, 2.75) is 71.2 Å². The van der Waals surface area contributed by atoms with Crippen molar-refractivity contribution in [3.05, 3.63) is 0 Å². The van der Waals surface area contributed by atoms with E-state index in [2.05, 4.69) is 46.4 Å². The van der Waals surface area contributed by atoms with Crippen LogP contribution in [0.2, 0.25) is 0 Å². The third-order valence-electron chi connectivity index (χ3n) is 5.00. The standard InChI is InChI=1S/C15H30N2O/c1-10-7-11(2)17(8-10)9-12-13(16)15(5,6)18-14(12,3)4/h10-13H,7-9,16H2,1-6H3. The number of ether oxygens (including phenoxy) is 1. The minimum absolute atomic E-state index is 0.117. The van der Waals surface area contributed by atoms with Gasteiger partial charge < -0.3 is 10.5 Å². The third-order valence-corrected chi connectivity index (χ3v) is 5.00. The summed E-state index contributed by atoms with van der Waals surface area (Å²) in [6.45, 7) is 15.6. The van der Waals surface area contributed by atoms with Crippen molar-refractivity contribution in [1.29, 1.82) is 0 Å². The van der Waals surface area contributed by atoms with Gasteiger partial charge in [0.1, 0.15) is 0 Å². The van der Waals surface area contributed by atoms with E-state index >= 15 is 0 Å². The van der Waals surface area contributed by atoms with Crippen LogP contribution in [0.25, 0.3) is 0 Å². The van der Waals surface area contributed by atoms with E-state index < -0.39 is 0 Å². The lowest BCUT2D eigenvalue weighted by Crippen LogP contribution is -2.48. The fraction of sp³-hybridized carbons (Fsp3) is 1.00. The van der Waals surface area contributed by atoms with Crippen molar-refractivity contribution in [2.24, 2.45) is 17.6 Å². The zero-order valence-corrected chi connectivity index (χ0v) is 12.9. The second-order valence-corrected chi connectivity index (χ2v) is 7.59. The van der Waals surface area contributed by atoms with Crippen LogP contribution in [0.5, 0.6) is 0 Å². The van der Waals surface area contributed by atoms with Crippen LogP contribution in [-0.2, 0) is 4.74 Å². The summed E-state index contributed by atoms with van der Waals surface area (Å²) >= 11 is 0. The normalized spacial score (nSPS) is 43.5. The summed E-state index contributed by atoms with van der Waals surface area (Å²) in [5, 5.41) is 0. The second-order valence-electron chi connectivity index (χ2n) is 7.59. The first-order valence-corrected chi connectivity index (χ1v) is 7.33. The van der Waals surface area contributed by atoms with E-state index in [9.17, 15) is 0 Å². The number of nitrogens with zero attached hydrogens (tertiary/aromatic N) is 1. The fourth-order valence-corrected chi connectivity index (χ4v) is 3.97. The molecule has 2 aliphatic heterocycles. The minimum Gasteiger partial charge on any atom is -0.368 e. The lowest BCUT2D eigenvalue weighted by atomic mass is 9.82. The molecular formula is C15H30N2O. The van der Waals surface area contributed by atoms with Gasteiger partial charge in [-0.05, 0) is 47.0 Å². The molecule has 18 heavy (non-hydrogen) atoms. The summed E-state index contributed by atoms with van der Waals surface area (Å²) in [4.78, 5) is 2.60. The first-order chi connectivity index (χ1) is 8.13. The first kappa shape index (κ1) is 14.3. The molecule has 106 valence electrons. The highest BCUT2D eigenvalue weighted by Crippen LogP contribution is 2.42. The van der Waals surface area contributed by atoms with E-state index in [-0.39, 0.29) is 17.2 Å². The molecular weight excluding hydrogens is 224 g/mol. The SMILES string of the molecule is CC1CC(C)N(CC2C(N)C(C)(C)OC2(C)C)C1. The maximum atomic E-state index is 6.44. The van der Waals surface area contributed by atoms with E-state index in [0.29, 0.717) is 12.0 Å². The van der Waals surface area contributed by atoms with Crippen molar-refractivity contribution >= 4 is 0 Å². The predicted octanol–water partition coefficient (Wildman–Crippen LogP) is 2.25. The fourth-order valence-electron chi connectivity index (χ4n) is 3.97.